The predicted octanol–water partition coefficient (Wildman–Crippen LogP) is 3.73. The van der Waals surface area contributed by atoms with E-state index in [1.165, 1.54) is 17.0 Å². The maximum atomic E-state index is 13.1. The van der Waals surface area contributed by atoms with E-state index >= 15 is 0 Å². The van der Waals surface area contributed by atoms with Crippen LogP contribution in [0.3, 0.4) is 0 Å². The molecule has 0 unspecified atom stereocenters. The van der Waals surface area contributed by atoms with Crippen LogP contribution in [0.4, 0.5) is 9.18 Å². The van der Waals surface area contributed by atoms with Gasteiger partial charge in [0.05, 0.1) is 0 Å². The number of amides is 1. The van der Waals surface area contributed by atoms with E-state index in [2.05, 4.69) is 0 Å². The van der Waals surface area contributed by atoms with Gasteiger partial charge in [-0.05, 0) is 57.2 Å². The van der Waals surface area contributed by atoms with Crippen LogP contribution >= 0.6 is 11.6 Å². The molecule has 1 aromatic rings. The molecule has 24 heavy (non-hydrogen) atoms. The van der Waals surface area contributed by atoms with Crippen molar-refractivity contribution in [2.45, 2.75) is 45.3 Å². The van der Waals surface area contributed by atoms with E-state index in [1.807, 2.05) is 0 Å². The van der Waals surface area contributed by atoms with Crippen LogP contribution in [-0.2, 0) is 16.0 Å². The van der Waals surface area contributed by atoms with Gasteiger partial charge in [-0.3, -0.25) is 4.90 Å². The van der Waals surface area contributed by atoms with Gasteiger partial charge < -0.3 is 9.84 Å². The van der Waals surface area contributed by atoms with Crippen molar-refractivity contribution in [3.8, 4) is 0 Å². The SMILES string of the molecule is CC(C)(C)OC(=O)N1C[C@H](Cc2ccc(F)cc2Cl)C[C@H]1C(=O)O. The molecule has 5 nitrogen and oxygen atoms in total. The third-order valence-corrected chi connectivity index (χ3v) is 4.18. The van der Waals surface area contributed by atoms with Gasteiger partial charge in [0.2, 0.25) is 0 Å². The number of hydrogen-bond donors (Lipinski definition) is 1. The first-order valence-corrected chi connectivity index (χ1v) is 8.11. The van der Waals surface area contributed by atoms with Crippen LogP contribution < -0.4 is 0 Å². The van der Waals surface area contributed by atoms with Crippen LogP contribution in [0.15, 0.2) is 18.2 Å². The lowest BCUT2D eigenvalue weighted by Gasteiger charge is -2.26. The normalized spacial score (nSPS) is 21.0. The van der Waals surface area contributed by atoms with Crippen molar-refractivity contribution in [1.82, 2.24) is 4.90 Å². The molecule has 7 heteroatoms. The number of carbonyl (C=O) groups excluding carboxylic acids is 1. The van der Waals surface area contributed by atoms with Crippen molar-refractivity contribution in [2.24, 2.45) is 5.92 Å². The Kier molecular flexibility index (Phi) is 5.38. The van der Waals surface area contributed by atoms with Gasteiger partial charge in [0.15, 0.2) is 0 Å². The van der Waals surface area contributed by atoms with Crippen molar-refractivity contribution < 1.29 is 23.8 Å². The Morgan fingerprint density at radius 3 is 2.62 bits per heavy atom. The summed E-state index contributed by atoms with van der Waals surface area (Å²) in [6, 6.07) is 3.20. The third kappa shape index (κ3) is 4.60. The number of carboxylic acid groups (broad SMARTS) is 1. The second-order valence-electron chi connectivity index (χ2n) is 7.03. The number of carbonyl (C=O) groups is 2. The summed E-state index contributed by atoms with van der Waals surface area (Å²) in [5.74, 6) is -1.57. The van der Waals surface area contributed by atoms with Gasteiger partial charge >= 0.3 is 12.1 Å². The summed E-state index contributed by atoms with van der Waals surface area (Å²) in [4.78, 5) is 25.0. The van der Waals surface area contributed by atoms with Crippen molar-refractivity contribution in [1.29, 1.82) is 0 Å². The average molecular weight is 358 g/mol. The molecule has 1 aliphatic rings. The molecule has 1 N–H and O–H groups in total. The highest BCUT2D eigenvalue weighted by atomic mass is 35.5. The van der Waals surface area contributed by atoms with Crippen LogP contribution in [0.2, 0.25) is 5.02 Å². The maximum Gasteiger partial charge on any atom is 0.411 e. The van der Waals surface area contributed by atoms with Gasteiger partial charge in [-0.25, -0.2) is 14.0 Å². The molecule has 0 saturated carbocycles. The summed E-state index contributed by atoms with van der Waals surface area (Å²) in [7, 11) is 0. The minimum Gasteiger partial charge on any atom is -0.480 e. The van der Waals surface area contributed by atoms with Gasteiger partial charge in [0, 0.05) is 11.6 Å². The second kappa shape index (κ2) is 6.97. The standard InChI is InChI=1S/C17H21ClFNO4/c1-17(2,3)24-16(23)20-9-10(7-14(20)15(21)22)6-11-4-5-12(19)8-13(11)18/h4-5,8,10,14H,6-7,9H2,1-3H3,(H,21,22)/t10-,14+/m1/s1. The molecular formula is C17H21ClFNO4. The molecule has 1 heterocycles. The first kappa shape index (κ1) is 18.5. The number of ether oxygens (including phenoxy) is 1. The molecular weight excluding hydrogens is 337 g/mol. The highest BCUT2D eigenvalue weighted by Crippen LogP contribution is 2.30. The summed E-state index contributed by atoms with van der Waals surface area (Å²) in [6.07, 6.45) is 0.146. The number of likely N-dealkylation sites (tertiary alicyclic amines) is 1. The van der Waals surface area contributed by atoms with Gasteiger partial charge in [-0.2, -0.15) is 0 Å². The smallest absolute Gasteiger partial charge is 0.411 e. The van der Waals surface area contributed by atoms with Crippen LogP contribution in [-0.4, -0.2) is 40.3 Å². The molecule has 1 amide bonds. The van der Waals surface area contributed by atoms with E-state index in [0.29, 0.717) is 17.9 Å². The van der Waals surface area contributed by atoms with Crippen LogP contribution in [0, 0.1) is 11.7 Å². The summed E-state index contributed by atoms with van der Waals surface area (Å²) in [6.45, 7) is 5.45. The molecule has 0 spiro atoms. The van der Waals surface area contributed by atoms with Crippen molar-refractivity contribution in [3.63, 3.8) is 0 Å². The Morgan fingerprint density at radius 2 is 2.08 bits per heavy atom. The lowest BCUT2D eigenvalue weighted by molar-refractivity contribution is -0.142. The monoisotopic (exact) mass is 357 g/mol. The molecule has 0 aliphatic carbocycles. The number of hydrogen-bond acceptors (Lipinski definition) is 3. The summed E-state index contributed by atoms with van der Waals surface area (Å²) in [5, 5.41) is 9.68. The molecule has 1 aromatic carbocycles. The number of benzene rings is 1. The van der Waals surface area contributed by atoms with E-state index in [-0.39, 0.29) is 12.5 Å². The third-order valence-electron chi connectivity index (χ3n) is 3.82. The molecule has 1 aliphatic heterocycles. The average Bonchev–Trinajstić information content (AvgIpc) is 2.84. The fraction of sp³-hybridized carbons (Fsp3) is 0.529. The first-order chi connectivity index (χ1) is 11.1. The molecule has 132 valence electrons. The lowest BCUT2D eigenvalue weighted by atomic mass is 9.96. The van der Waals surface area contributed by atoms with Crippen LogP contribution in [0.1, 0.15) is 32.8 Å². The number of aliphatic carboxylic acids is 1. The summed E-state index contributed by atoms with van der Waals surface area (Å²) >= 11 is 6.03. The van der Waals surface area contributed by atoms with Crippen molar-refractivity contribution in [3.05, 3.63) is 34.6 Å². The molecule has 1 fully saturated rings. The zero-order chi connectivity index (χ0) is 18.1. The zero-order valence-corrected chi connectivity index (χ0v) is 14.6. The Morgan fingerprint density at radius 1 is 1.42 bits per heavy atom. The molecule has 2 rings (SSSR count). The minimum absolute atomic E-state index is 0.0819. The van der Waals surface area contributed by atoms with Crippen molar-refractivity contribution in [2.75, 3.05) is 6.54 Å². The Balaban J connectivity index is 2.11. The highest BCUT2D eigenvalue weighted by molar-refractivity contribution is 6.31. The number of carboxylic acids is 1. The molecule has 2 atom stereocenters. The summed E-state index contributed by atoms with van der Waals surface area (Å²) < 4.78 is 18.4. The Bertz CT molecular complexity index is 644. The van der Waals surface area contributed by atoms with Crippen LogP contribution in [0.5, 0.6) is 0 Å². The van der Waals surface area contributed by atoms with Gasteiger partial charge in [0.25, 0.3) is 0 Å². The predicted molar refractivity (Wildman–Crippen MR) is 87.6 cm³/mol. The maximum absolute atomic E-state index is 13.1. The summed E-state index contributed by atoms with van der Waals surface area (Å²) in [5.41, 5.74) is 0.0385. The zero-order valence-electron chi connectivity index (χ0n) is 13.9. The fourth-order valence-electron chi connectivity index (χ4n) is 2.83. The van der Waals surface area contributed by atoms with E-state index in [0.717, 1.165) is 5.56 Å². The number of halogens is 2. The molecule has 0 radical (unpaired) electrons. The highest BCUT2D eigenvalue weighted by Gasteiger charge is 2.41. The van der Waals surface area contributed by atoms with E-state index in [4.69, 9.17) is 16.3 Å². The fourth-order valence-corrected chi connectivity index (χ4v) is 3.07. The Labute approximate surface area is 145 Å². The van der Waals surface area contributed by atoms with E-state index < -0.39 is 29.5 Å². The Hall–Kier alpha value is -1.82. The number of rotatable bonds is 3. The largest absolute Gasteiger partial charge is 0.480 e. The van der Waals surface area contributed by atoms with Gasteiger partial charge in [0.1, 0.15) is 17.5 Å². The quantitative estimate of drug-likeness (QED) is 0.895. The number of nitrogens with zero attached hydrogens (tertiary/aromatic N) is 1. The van der Waals surface area contributed by atoms with Crippen molar-refractivity contribution >= 4 is 23.7 Å². The molecule has 0 bridgehead atoms. The van der Waals surface area contributed by atoms with E-state index in [1.54, 1.807) is 26.8 Å². The molecule has 1 saturated heterocycles. The van der Waals surface area contributed by atoms with Crippen LogP contribution in [0.25, 0.3) is 0 Å². The van der Waals surface area contributed by atoms with Gasteiger partial charge in [-0.15, -0.1) is 0 Å². The topological polar surface area (TPSA) is 66.8 Å². The first-order valence-electron chi connectivity index (χ1n) is 7.73. The molecule has 0 aromatic heterocycles. The van der Waals surface area contributed by atoms with E-state index in [9.17, 15) is 19.1 Å². The minimum atomic E-state index is -1.06. The second-order valence-corrected chi connectivity index (χ2v) is 7.44. The lowest BCUT2D eigenvalue weighted by Crippen LogP contribution is -2.43. The van der Waals surface area contributed by atoms with Gasteiger partial charge in [-0.1, -0.05) is 17.7 Å².